The number of H-pyrrole nitrogens is 1. The van der Waals surface area contributed by atoms with Crippen molar-refractivity contribution >= 4 is 21.1 Å². The van der Waals surface area contributed by atoms with Gasteiger partial charge in [0.2, 0.25) is 10.0 Å². The van der Waals surface area contributed by atoms with Gasteiger partial charge >= 0.3 is 0 Å². The zero-order chi connectivity index (χ0) is 16.6. The van der Waals surface area contributed by atoms with Gasteiger partial charge < -0.3 is 4.98 Å². The van der Waals surface area contributed by atoms with Crippen molar-refractivity contribution in [1.29, 1.82) is 0 Å². The molecule has 126 valence electrons. The number of nitrogens with zero attached hydrogens (tertiary/aromatic N) is 4. The normalized spacial score (nSPS) is 20.2. The van der Waals surface area contributed by atoms with Crippen molar-refractivity contribution in [2.45, 2.75) is 25.4 Å². The Labute approximate surface area is 133 Å². The number of hydrogen-bond acceptors (Lipinski definition) is 6. The SMILES string of the molecule is Cn1ncc2c(=O)[nH]c(CN3CCC[C@@H](NS(C)(=O)=O)C3)nc21. The number of fused-ring (bicyclic) bond motifs is 1. The Morgan fingerprint density at radius 3 is 3.00 bits per heavy atom. The van der Waals surface area contributed by atoms with Gasteiger partial charge in [-0.3, -0.25) is 14.4 Å². The van der Waals surface area contributed by atoms with Gasteiger partial charge in [0.25, 0.3) is 5.56 Å². The maximum Gasteiger partial charge on any atom is 0.262 e. The van der Waals surface area contributed by atoms with Crippen molar-refractivity contribution in [2.24, 2.45) is 7.05 Å². The molecule has 1 atom stereocenters. The number of hydrogen-bond donors (Lipinski definition) is 2. The van der Waals surface area contributed by atoms with Crippen molar-refractivity contribution in [3.8, 4) is 0 Å². The van der Waals surface area contributed by atoms with E-state index in [1.807, 2.05) is 0 Å². The summed E-state index contributed by atoms with van der Waals surface area (Å²) in [7, 11) is -1.47. The minimum Gasteiger partial charge on any atom is -0.309 e. The highest BCUT2D eigenvalue weighted by atomic mass is 32.2. The van der Waals surface area contributed by atoms with Crippen molar-refractivity contribution in [2.75, 3.05) is 19.3 Å². The quantitative estimate of drug-likeness (QED) is 0.751. The second kappa shape index (κ2) is 6.02. The minimum atomic E-state index is -3.22. The van der Waals surface area contributed by atoms with Crippen LogP contribution in [0.25, 0.3) is 11.0 Å². The molecule has 1 aliphatic rings. The van der Waals surface area contributed by atoms with E-state index in [9.17, 15) is 13.2 Å². The van der Waals surface area contributed by atoms with Gasteiger partial charge in [-0.15, -0.1) is 0 Å². The zero-order valence-electron chi connectivity index (χ0n) is 13.1. The lowest BCUT2D eigenvalue weighted by atomic mass is 10.1. The smallest absolute Gasteiger partial charge is 0.262 e. The van der Waals surface area contributed by atoms with Gasteiger partial charge in [0.1, 0.15) is 11.2 Å². The highest BCUT2D eigenvalue weighted by molar-refractivity contribution is 7.88. The fraction of sp³-hybridized carbons (Fsp3) is 0.615. The fourth-order valence-electron chi connectivity index (χ4n) is 2.96. The zero-order valence-corrected chi connectivity index (χ0v) is 13.9. The first kappa shape index (κ1) is 16.1. The van der Waals surface area contributed by atoms with Gasteiger partial charge in [0, 0.05) is 19.6 Å². The molecule has 0 radical (unpaired) electrons. The van der Waals surface area contributed by atoms with Crippen LogP contribution in [0.4, 0.5) is 0 Å². The number of likely N-dealkylation sites (tertiary alicyclic amines) is 1. The minimum absolute atomic E-state index is 0.106. The van der Waals surface area contributed by atoms with E-state index in [0.717, 1.165) is 19.4 Å². The largest absolute Gasteiger partial charge is 0.309 e. The van der Waals surface area contributed by atoms with Gasteiger partial charge in [-0.2, -0.15) is 5.10 Å². The molecule has 0 aromatic carbocycles. The van der Waals surface area contributed by atoms with Crippen LogP contribution in [0.5, 0.6) is 0 Å². The predicted octanol–water partition coefficient (Wildman–Crippen LogP) is -0.830. The lowest BCUT2D eigenvalue weighted by molar-refractivity contribution is 0.190. The van der Waals surface area contributed by atoms with Crippen LogP contribution in [0, 0.1) is 0 Å². The predicted molar refractivity (Wildman–Crippen MR) is 85.4 cm³/mol. The van der Waals surface area contributed by atoms with Crippen LogP contribution in [0.15, 0.2) is 11.0 Å². The number of aryl methyl sites for hydroxylation is 1. The van der Waals surface area contributed by atoms with Gasteiger partial charge in [-0.05, 0) is 19.4 Å². The molecule has 23 heavy (non-hydrogen) atoms. The monoisotopic (exact) mass is 340 g/mol. The number of sulfonamides is 1. The molecular formula is C13H20N6O3S. The molecular weight excluding hydrogens is 320 g/mol. The van der Waals surface area contributed by atoms with E-state index in [1.165, 1.54) is 12.5 Å². The highest BCUT2D eigenvalue weighted by Gasteiger charge is 2.23. The standard InChI is InChI=1S/C13H20N6O3S/c1-18-12-10(6-14-18)13(20)16-11(15-12)8-19-5-3-4-9(7-19)17-23(2,21)22/h6,9,17H,3-5,7-8H2,1-2H3,(H,15,16,20)/t9-/m1/s1. The maximum absolute atomic E-state index is 12.0. The van der Waals surface area contributed by atoms with Crippen molar-refractivity contribution in [3.63, 3.8) is 0 Å². The number of aromatic amines is 1. The molecule has 3 heterocycles. The Balaban J connectivity index is 1.76. The lowest BCUT2D eigenvalue weighted by Gasteiger charge is -2.32. The molecule has 1 saturated heterocycles. The first-order valence-corrected chi connectivity index (χ1v) is 9.31. The third-order valence-corrected chi connectivity index (χ3v) is 4.67. The Hall–Kier alpha value is -1.78. The van der Waals surface area contributed by atoms with E-state index >= 15 is 0 Å². The topological polar surface area (TPSA) is 113 Å². The molecule has 1 aliphatic heterocycles. The first-order chi connectivity index (χ1) is 10.8. The Morgan fingerprint density at radius 1 is 1.48 bits per heavy atom. The molecule has 2 aromatic heterocycles. The molecule has 1 fully saturated rings. The Morgan fingerprint density at radius 2 is 2.26 bits per heavy atom. The molecule has 0 aliphatic carbocycles. The average molecular weight is 340 g/mol. The molecule has 0 unspecified atom stereocenters. The molecule has 2 aromatic rings. The molecule has 10 heteroatoms. The van der Waals surface area contributed by atoms with Crippen LogP contribution in [0.2, 0.25) is 0 Å². The molecule has 2 N–H and O–H groups in total. The van der Waals surface area contributed by atoms with E-state index in [4.69, 9.17) is 0 Å². The van der Waals surface area contributed by atoms with E-state index in [2.05, 4.69) is 24.7 Å². The van der Waals surface area contributed by atoms with E-state index in [-0.39, 0.29) is 11.6 Å². The van der Waals surface area contributed by atoms with Crippen LogP contribution in [0.1, 0.15) is 18.7 Å². The summed E-state index contributed by atoms with van der Waals surface area (Å²) >= 11 is 0. The van der Waals surface area contributed by atoms with Crippen LogP contribution < -0.4 is 10.3 Å². The summed E-state index contributed by atoms with van der Waals surface area (Å²) in [4.78, 5) is 21.4. The van der Waals surface area contributed by atoms with E-state index < -0.39 is 10.0 Å². The summed E-state index contributed by atoms with van der Waals surface area (Å²) < 4.78 is 26.9. The molecule has 9 nitrogen and oxygen atoms in total. The fourth-order valence-corrected chi connectivity index (χ4v) is 3.76. The van der Waals surface area contributed by atoms with Gasteiger partial charge in [0.05, 0.1) is 19.0 Å². The van der Waals surface area contributed by atoms with Crippen molar-refractivity contribution in [3.05, 3.63) is 22.4 Å². The summed E-state index contributed by atoms with van der Waals surface area (Å²) in [6.07, 6.45) is 4.37. The van der Waals surface area contributed by atoms with Gasteiger partial charge in [-0.25, -0.2) is 18.1 Å². The van der Waals surface area contributed by atoms with Gasteiger partial charge in [0.15, 0.2) is 5.65 Å². The third kappa shape index (κ3) is 3.77. The highest BCUT2D eigenvalue weighted by Crippen LogP contribution is 2.13. The number of rotatable bonds is 4. The maximum atomic E-state index is 12.0. The summed E-state index contributed by atoms with van der Waals surface area (Å²) in [5, 5.41) is 4.51. The first-order valence-electron chi connectivity index (χ1n) is 7.42. The summed E-state index contributed by atoms with van der Waals surface area (Å²) in [6, 6.07) is -0.106. The van der Waals surface area contributed by atoms with E-state index in [1.54, 1.807) is 11.7 Å². The summed E-state index contributed by atoms with van der Waals surface area (Å²) in [6.45, 7) is 1.91. The third-order valence-electron chi connectivity index (χ3n) is 3.91. The molecule has 0 amide bonds. The molecule has 3 rings (SSSR count). The van der Waals surface area contributed by atoms with Crippen LogP contribution in [0.3, 0.4) is 0 Å². The number of nitrogens with one attached hydrogen (secondary N) is 2. The Kier molecular flexibility index (Phi) is 4.21. The van der Waals surface area contributed by atoms with Crippen molar-refractivity contribution in [1.82, 2.24) is 29.4 Å². The van der Waals surface area contributed by atoms with E-state index in [0.29, 0.717) is 29.9 Å². The second-order valence-electron chi connectivity index (χ2n) is 5.98. The van der Waals surface area contributed by atoms with Crippen molar-refractivity contribution < 1.29 is 8.42 Å². The second-order valence-corrected chi connectivity index (χ2v) is 7.76. The molecule has 0 spiro atoms. The lowest BCUT2D eigenvalue weighted by Crippen LogP contribution is -2.47. The Bertz CT molecular complexity index is 871. The number of aromatic nitrogens is 4. The van der Waals surface area contributed by atoms with Crippen LogP contribution >= 0.6 is 0 Å². The molecule has 0 bridgehead atoms. The van der Waals surface area contributed by atoms with Gasteiger partial charge in [-0.1, -0.05) is 0 Å². The average Bonchev–Trinajstić information content (AvgIpc) is 2.79. The van der Waals surface area contributed by atoms with Crippen LogP contribution in [-0.4, -0.2) is 58.5 Å². The summed E-state index contributed by atoms with van der Waals surface area (Å²) in [5.74, 6) is 0.561. The molecule has 0 saturated carbocycles. The number of piperidine rings is 1. The van der Waals surface area contributed by atoms with Crippen LogP contribution in [-0.2, 0) is 23.6 Å². The summed E-state index contributed by atoms with van der Waals surface area (Å²) in [5.41, 5.74) is 0.340.